The smallest absolute Gasteiger partial charge is 0.128 e. The largest absolute Gasteiger partial charge is 0.337 e. The van der Waals surface area contributed by atoms with Crippen LogP contribution in [0.3, 0.4) is 0 Å². The van der Waals surface area contributed by atoms with E-state index in [0.29, 0.717) is 17.4 Å². The fourth-order valence-electron chi connectivity index (χ4n) is 2.13. The molecule has 19 heavy (non-hydrogen) atoms. The summed E-state index contributed by atoms with van der Waals surface area (Å²) in [5.74, 6) is 2.09. The monoisotopic (exact) mass is 294 g/mol. The number of para-hydroxylation sites is 1. The molecule has 3 aromatic rings. The number of aryl methyl sites for hydroxylation is 1. The number of hydrogen-bond acceptors (Lipinski definition) is 2. The lowest BCUT2D eigenvalue weighted by Gasteiger charge is -2.07. The number of rotatable bonds is 3. The molecule has 98 valence electrons. The highest BCUT2D eigenvalue weighted by atomic mass is 35.5. The molecule has 6 heteroatoms. The van der Waals surface area contributed by atoms with E-state index in [0.717, 1.165) is 22.7 Å². The zero-order valence-corrected chi connectivity index (χ0v) is 11.9. The SMILES string of the molecule is Cn1ccnc1Cn1c(CCl)nc2c(Cl)cccc21. The van der Waals surface area contributed by atoms with E-state index in [1.165, 1.54) is 0 Å². The van der Waals surface area contributed by atoms with Crippen molar-refractivity contribution < 1.29 is 0 Å². The number of fused-ring (bicyclic) bond motifs is 1. The fourth-order valence-corrected chi connectivity index (χ4v) is 2.55. The molecule has 0 aliphatic rings. The summed E-state index contributed by atoms with van der Waals surface area (Å²) in [6.45, 7) is 0.627. The number of benzene rings is 1. The first-order valence-corrected chi connectivity index (χ1v) is 6.77. The van der Waals surface area contributed by atoms with E-state index >= 15 is 0 Å². The van der Waals surface area contributed by atoms with Crippen molar-refractivity contribution >= 4 is 34.2 Å². The van der Waals surface area contributed by atoms with Gasteiger partial charge in [-0.25, -0.2) is 9.97 Å². The molecule has 0 amide bonds. The van der Waals surface area contributed by atoms with E-state index in [4.69, 9.17) is 23.2 Å². The standard InChI is InChI=1S/C13H12Cl2N4/c1-18-6-5-16-12(18)8-19-10-4-2-3-9(15)13(10)17-11(19)7-14/h2-6H,7-8H2,1H3. The van der Waals surface area contributed by atoms with Crippen LogP contribution in [0.25, 0.3) is 11.0 Å². The third kappa shape index (κ3) is 2.11. The van der Waals surface area contributed by atoms with Gasteiger partial charge in [0, 0.05) is 19.4 Å². The van der Waals surface area contributed by atoms with Crippen LogP contribution in [0.15, 0.2) is 30.6 Å². The summed E-state index contributed by atoms with van der Waals surface area (Å²) in [6.07, 6.45) is 3.70. The van der Waals surface area contributed by atoms with Gasteiger partial charge >= 0.3 is 0 Å². The molecule has 4 nitrogen and oxygen atoms in total. The summed E-state index contributed by atoms with van der Waals surface area (Å²) in [6, 6.07) is 5.74. The Morgan fingerprint density at radius 1 is 1.26 bits per heavy atom. The summed E-state index contributed by atoms with van der Waals surface area (Å²) in [7, 11) is 1.97. The Morgan fingerprint density at radius 3 is 2.79 bits per heavy atom. The molecule has 2 aromatic heterocycles. The molecule has 0 bridgehead atoms. The van der Waals surface area contributed by atoms with Gasteiger partial charge in [-0.1, -0.05) is 17.7 Å². The van der Waals surface area contributed by atoms with Gasteiger partial charge in [0.25, 0.3) is 0 Å². The minimum Gasteiger partial charge on any atom is -0.337 e. The summed E-state index contributed by atoms with van der Waals surface area (Å²) in [4.78, 5) is 8.84. The number of nitrogens with zero attached hydrogens (tertiary/aromatic N) is 4. The van der Waals surface area contributed by atoms with Crippen molar-refractivity contribution in [3.63, 3.8) is 0 Å². The highest BCUT2D eigenvalue weighted by molar-refractivity contribution is 6.35. The Balaban J connectivity index is 2.16. The molecule has 0 saturated carbocycles. The molecule has 1 aromatic carbocycles. The molecule has 2 heterocycles. The van der Waals surface area contributed by atoms with E-state index in [2.05, 4.69) is 14.5 Å². The Hall–Kier alpha value is -1.52. The van der Waals surface area contributed by atoms with Crippen molar-refractivity contribution in [3.8, 4) is 0 Å². The van der Waals surface area contributed by atoms with Crippen molar-refractivity contribution in [2.75, 3.05) is 0 Å². The molecule has 0 fully saturated rings. The second kappa shape index (κ2) is 4.87. The average Bonchev–Trinajstić information content (AvgIpc) is 2.96. The van der Waals surface area contributed by atoms with Gasteiger partial charge in [0.2, 0.25) is 0 Å². The van der Waals surface area contributed by atoms with Crippen molar-refractivity contribution in [3.05, 3.63) is 47.3 Å². The summed E-state index contributed by atoms with van der Waals surface area (Å²) in [5.41, 5.74) is 1.76. The first kappa shape index (κ1) is 12.5. The minimum absolute atomic E-state index is 0.343. The first-order valence-electron chi connectivity index (χ1n) is 5.86. The van der Waals surface area contributed by atoms with Gasteiger partial charge in [-0.05, 0) is 12.1 Å². The second-order valence-corrected chi connectivity index (χ2v) is 4.98. The van der Waals surface area contributed by atoms with Crippen LogP contribution in [0, 0.1) is 0 Å². The Labute approximate surface area is 120 Å². The minimum atomic E-state index is 0.343. The molecule has 3 rings (SSSR count). The van der Waals surface area contributed by atoms with E-state index in [-0.39, 0.29) is 0 Å². The topological polar surface area (TPSA) is 35.6 Å². The molecule has 0 radical (unpaired) electrons. The lowest BCUT2D eigenvalue weighted by atomic mass is 10.3. The van der Waals surface area contributed by atoms with Gasteiger partial charge in [0.15, 0.2) is 0 Å². The molecular weight excluding hydrogens is 283 g/mol. The maximum atomic E-state index is 6.17. The second-order valence-electron chi connectivity index (χ2n) is 4.31. The lowest BCUT2D eigenvalue weighted by Crippen LogP contribution is -2.08. The van der Waals surface area contributed by atoms with Crippen molar-refractivity contribution in [2.45, 2.75) is 12.4 Å². The Morgan fingerprint density at radius 2 is 2.11 bits per heavy atom. The maximum Gasteiger partial charge on any atom is 0.128 e. The van der Waals surface area contributed by atoms with Crippen LogP contribution in [0.1, 0.15) is 11.6 Å². The van der Waals surface area contributed by atoms with Gasteiger partial charge in [-0.3, -0.25) is 0 Å². The van der Waals surface area contributed by atoms with Crippen LogP contribution >= 0.6 is 23.2 Å². The number of halogens is 2. The third-order valence-corrected chi connectivity index (χ3v) is 3.69. The zero-order valence-electron chi connectivity index (χ0n) is 10.3. The van der Waals surface area contributed by atoms with Gasteiger partial charge in [0.1, 0.15) is 17.2 Å². The molecule has 0 saturated heterocycles. The predicted molar refractivity (Wildman–Crippen MR) is 76.6 cm³/mol. The Kier molecular flexibility index (Phi) is 3.21. The van der Waals surface area contributed by atoms with Gasteiger partial charge in [-0.15, -0.1) is 11.6 Å². The average molecular weight is 295 g/mol. The first-order chi connectivity index (χ1) is 9.20. The predicted octanol–water partition coefficient (Wildman–Crippen LogP) is 3.21. The lowest BCUT2D eigenvalue weighted by molar-refractivity contribution is 0.693. The van der Waals surface area contributed by atoms with E-state index in [1.807, 2.05) is 36.0 Å². The van der Waals surface area contributed by atoms with Crippen LogP contribution < -0.4 is 0 Å². The zero-order chi connectivity index (χ0) is 13.4. The maximum absolute atomic E-state index is 6.17. The molecule has 0 spiro atoms. The number of aromatic nitrogens is 4. The van der Waals surface area contributed by atoms with Gasteiger partial charge in [0.05, 0.1) is 23.0 Å². The molecule has 0 unspecified atom stereocenters. The normalized spacial score (nSPS) is 11.3. The van der Waals surface area contributed by atoms with Gasteiger partial charge in [-0.2, -0.15) is 0 Å². The fraction of sp³-hybridized carbons (Fsp3) is 0.231. The van der Waals surface area contributed by atoms with E-state index < -0.39 is 0 Å². The number of alkyl halides is 1. The number of imidazole rings is 2. The summed E-state index contributed by atoms with van der Waals surface area (Å²) < 4.78 is 4.03. The highest BCUT2D eigenvalue weighted by Gasteiger charge is 2.13. The van der Waals surface area contributed by atoms with Crippen molar-refractivity contribution in [1.29, 1.82) is 0 Å². The number of hydrogen-bond donors (Lipinski definition) is 0. The van der Waals surface area contributed by atoms with E-state index in [1.54, 1.807) is 6.20 Å². The van der Waals surface area contributed by atoms with Crippen molar-refractivity contribution in [2.24, 2.45) is 7.05 Å². The van der Waals surface area contributed by atoms with Crippen molar-refractivity contribution in [1.82, 2.24) is 19.1 Å². The van der Waals surface area contributed by atoms with Crippen LogP contribution in [0.5, 0.6) is 0 Å². The molecule has 0 aliphatic heterocycles. The van der Waals surface area contributed by atoms with Crippen LogP contribution in [-0.4, -0.2) is 19.1 Å². The molecule has 0 aliphatic carbocycles. The van der Waals surface area contributed by atoms with Crippen LogP contribution in [0.2, 0.25) is 5.02 Å². The van der Waals surface area contributed by atoms with Gasteiger partial charge < -0.3 is 9.13 Å². The third-order valence-electron chi connectivity index (χ3n) is 3.15. The van der Waals surface area contributed by atoms with Crippen LogP contribution in [0.4, 0.5) is 0 Å². The van der Waals surface area contributed by atoms with E-state index in [9.17, 15) is 0 Å². The summed E-state index contributed by atoms with van der Waals surface area (Å²) >= 11 is 12.2. The van der Waals surface area contributed by atoms with Crippen LogP contribution in [-0.2, 0) is 19.5 Å². The Bertz CT molecular complexity index is 729. The molecule has 0 N–H and O–H groups in total. The molecular formula is C13H12Cl2N4. The highest BCUT2D eigenvalue weighted by Crippen LogP contribution is 2.25. The quantitative estimate of drug-likeness (QED) is 0.696. The summed E-state index contributed by atoms with van der Waals surface area (Å²) in [5, 5.41) is 0.641. The molecule has 0 atom stereocenters.